The van der Waals surface area contributed by atoms with E-state index in [1.807, 2.05) is 19.1 Å². The van der Waals surface area contributed by atoms with E-state index < -0.39 is 0 Å². The van der Waals surface area contributed by atoms with Crippen LogP contribution in [0.3, 0.4) is 0 Å². The lowest BCUT2D eigenvalue weighted by atomic mass is 10.2. The molecule has 3 rings (SSSR count). The number of aromatic nitrogens is 3. The van der Waals surface area contributed by atoms with Crippen molar-refractivity contribution in [3.63, 3.8) is 0 Å². The zero-order valence-corrected chi connectivity index (χ0v) is 15.0. The Bertz CT molecular complexity index is 878. The molecule has 124 valence electrons. The van der Waals surface area contributed by atoms with E-state index in [1.165, 1.54) is 23.1 Å². The summed E-state index contributed by atoms with van der Waals surface area (Å²) >= 11 is 8.90. The van der Waals surface area contributed by atoms with E-state index in [4.69, 9.17) is 21.9 Å². The van der Waals surface area contributed by atoms with Gasteiger partial charge < -0.3 is 10.3 Å². The molecule has 1 aromatic carbocycles. The monoisotopic (exact) mass is 380 g/mol. The van der Waals surface area contributed by atoms with Crippen LogP contribution >= 0.6 is 34.7 Å². The molecular weight excluding hydrogens is 368 g/mol. The number of aryl methyl sites for hydroxylation is 1. The van der Waals surface area contributed by atoms with Crippen LogP contribution in [0.5, 0.6) is 0 Å². The molecule has 0 radical (unpaired) electrons. The van der Waals surface area contributed by atoms with Gasteiger partial charge in [0.2, 0.25) is 17.6 Å². The Morgan fingerprint density at radius 3 is 3.00 bits per heavy atom. The molecule has 0 aliphatic carbocycles. The van der Waals surface area contributed by atoms with Crippen LogP contribution in [0, 0.1) is 6.92 Å². The second kappa shape index (κ2) is 7.33. The van der Waals surface area contributed by atoms with Gasteiger partial charge >= 0.3 is 0 Å². The van der Waals surface area contributed by atoms with Crippen LogP contribution in [0.25, 0.3) is 11.4 Å². The third-order valence-electron chi connectivity index (χ3n) is 3.08. The Labute approximate surface area is 151 Å². The molecule has 1 amide bonds. The summed E-state index contributed by atoms with van der Waals surface area (Å²) in [7, 11) is 0. The van der Waals surface area contributed by atoms with Crippen LogP contribution < -0.4 is 5.73 Å². The number of nitrogens with two attached hydrogens (primary N) is 1. The fraction of sp³-hybridized carbons (Fsp3) is 0.200. The minimum absolute atomic E-state index is 0.212. The lowest BCUT2D eigenvalue weighted by molar-refractivity contribution is -0.117. The molecule has 0 saturated heterocycles. The van der Waals surface area contributed by atoms with E-state index in [-0.39, 0.29) is 12.3 Å². The lowest BCUT2D eigenvalue weighted by Gasteiger charge is -1.94. The number of hydrogen-bond donors (Lipinski definition) is 1. The summed E-state index contributed by atoms with van der Waals surface area (Å²) < 4.78 is 6.10. The number of thioether (sulfide) groups is 1. The first-order chi connectivity index (χ1) is 11.5. The second-order valence-corrected chi connectivity index (χ2v) is 7.68. The highest BCUT2D eigenvalue weighted by molar-refractivity contribution is 8.00. The second-order valence-electron chi connectivity index (χ2n) is 4.94. The maximum Gasteiger partial charge on any atom is 0.237 e. The first-order valence-corrected chi connectivity index (χ1v) is 9.15. The average Bonchev–Trinajstić information content (AvgIpc) is 3.12. The van der Waals surface area contributed by atoms with Crippen LogP contribution in [-0.2, 0) is 17.0 Å². The normalized spacial score (nSPS) is 10.9. The van der Waals surface area contributed by atoms with Crippen LogP contribution in [0.1, 0.15) is 16.5 Å². The number of halogens is 1. The molecule has 6 nitrogen and oxygen atoms in total. The molecule has 0 fully saturated rings. The molecule has 0 aliphatic rings. The van der Waals surface area contributed by atoms with Crippen molar-refractivity contribution >= 4 is 40.6 Å². The van der Waals surface area contributed by atoms with Crippen LogP contribution in [-0.4, -0.2) is 21.0 Å². The number of hydrogen-bond acceptors (Lipinski definition) is 7. The van der Waals surface area contributed by atoms with Gasteiger partial charge in [0, 0.05) is 15.5 Å². The van der Waals surface area contributed by atoms with Crippen LogP contribution in [0.15, 0.2) is 33.1 Å². The third kappa shape index (κ3) is 4.14. The van der Waals surface area contributed by atoms with Gasteiger partial charge in [-0.25, -0.2) is 4.98 Å². The van der Waals surface area contributed by atoms with E-state index in [1.54, 1.807) is 12.1 Å². The predicted molar refractivity (Wildman–Crippen MR) is 94.1 cm³/mol. The highest BCUT2D eigenvalue weighted by Gasteiger charge is 2.13. The topological polar surface area (TPSA) is 94.9 Å². The zero-order chi connectivity index (χ0) is 17.1. The smallest absolute Gasteiger partial charge is 0.237 e. The highest BCUT2D eigenvalue weighted by Crippen LogP contribution is 2.30. The summed E-state index contributed by atoms with van der Waals surface area (Å²) in [5.74, 6) is 1.13. The molecule has 2 heterocycles. The molecule has 0 saturated carbocycles. The van der Waals surface area contributed by atoms with Crippen molar-refractivity contribution < 1.29 is 9.32 Å². The summed E-state index contributed by atoms with van der Waals surface area (Å²) in [5, 5.41) is 4.58. The van der Waals surface area contributed by atoms with Crippen LogP contribution in [0.4, 0.5) is 0 Å². The van der Waals surface area contributed by atoms with Crippen molar-refractivity contribution in [2.45, 2.75) is 23.4 Å². The minimum atomic E-state index is -0.360. The summed E-state index contributed by atoms with van der Waals surface area (Å²) in [4.78, 5) is 20.7. The SMILES string of the molecule is Cc1nc(SCc2nc(-c3cccc(Cl)c3)no2)sc1CC(N)=O. The number of nitrogens with zero attached hydrogens (tertiary/aromatic N) is 3. The van der Waals surface area contributed by atoms with Gasteiger partial charge in [0.25, 0.3) is 0 Å². The standard InChI is InChI=1S/C15H13ClN4O2S2/c1-8-11(6-12(17)21)24-15(18-8)23-7-13-19-14(20-22-13)9-3-2-4-10(16)5-9/h2-5H,6-7H2,1H3,(H2,17,21). The van der Waals surface area contributed by atoms with E-state index >= 15 is 0 Å². The molecule has 2 N–H and O–H groups in total. The van der Waals surface area contributed by atoms with Gasteiger partial charge in [0.05, 0.1) is 17.9 Å². The number of carbonyl (C=O) groups is 1. The molecule has 0 aliphatic heterocycles. The molecule has 0 atom stereocenters. The summed E-state index contributed by atoms with van der Waals surface area (Å²) in [5.41, 5.74) is 6.85. The van der Waals surface area contributed by atoms with Gasteiger partial charge in [-0.3, -0.25) is 4.79 Å². The lowest BCUT2D eigenvalue weighted by Crippen LogP contribution is -2.13. The summed E-state index contributed by atoms with van der Waals surface area (Å²) in [6.45, 7) is 1.86. The maximum absolute atomic E-state index is 11.0. The fourth-order valence-electron chi connectivity index (χ4n) is 1.97. The molecule has 24 heavy (non-hydrogen) atoms. The number of thiazole rings is 1. The van der Waals surface area contributed by atoms with Crippen molar-refractivity contribution in [2.24, 2.45) is 5.73 Å². The van der Waals surface area contributed by atoms with Crippen molar-refractivity contribution in [1.29, 1.82) is 0 Å². The zero-order valence-electron chi connectivity index (χ0n) is 12.7. The van der Waals surface area contributed by atoms with E-state index in [9.17, 15) is 4.79 Å². The fourth-order valence-corrected chi connectivity index (χ4v) is 4.24. The van der Waals surface area contributed by atoms with E-state index in [0.29, 0.717) is 22.5 Å². The Morgan fingerprint density at radius 1 is 1.42 bits per heavy atom. The quantitative estimate of drug-likeness (QED) is 0.658. The predicted octanol–water partition coefficient (Wildman–Crippen LogP) is 3.48. The largest absolute Gasteiger partial charge is 0.369 e. The van der Waals surface area contributed by atoms with E-state index in [2.05, 4.69) is 15.1 Å². The number of amides is 1. The summed E-state index contributed by atoms with van der Waals surface area (Å²) in [6, 6.07) is 7.27. The minimum Gasteiger partial charge on any atom is -0.369 e. The van der Waals surface area contributed by atoms with Gasteiger partial charge in [-0.2, -0.15) is 4.98 Å². The summed E-state index contributed by atoms with van der Waals surface area (Å²) in [6.07, 6.45) is 0.212. The van der Waals surface area contributed by atoms with Crippen molar-refractivity contribution in [3.05, 3.63) is 45.7 Å². The Hall–Kier alpha value is -1.90. The molecule has 0 bridgehead atoms. The molecule has 2 aromatic heterocycles. The van der Waals surface area contributed by atoms with Crippen LogP contribution in [0.2, 0.25) is 5.02 Å². The first-order valence-electron chi connectivity index (χ1n) is 6.97. The van der Waals surface area contributed by atoms with Gasteiger partial charge in [0.1, 0.15) is 0 Å². The van der Waals surface area contributed by atoms with E-state index in [0.717, 1.165) is 20.5 Å². The van der Waals surface area contributed by atoms with Gasteiger partial charge in [-0.1, -0.05) is 40.7 Å². The van der Waals surface area contributed by atoms with Gasteiger partial charge in [-0.15, -0.1) is 11.3 Å². The van der Waals surface area contributed by atoms with Gasteiger partial charge in [0.15, 0.2) is 4.34 Å². The highest BCUT2D eigenvalue weighted by atomic mass is 35.5. The van der Waals surface area contributed by atoms with Gasteiger partial charge in [-0.05, 0) is 19.1 Å². The average molecular weight is 381 g/mol. The van der Waals surface area contributed by atoms with Crippen molar-refractivity contribution in [2.75, 3.05) is 0 Å². The number of benzene rings is 1. The number of primary amides is 1. The van der Waals surface area contributed by atoms with Crippen molar-refractivity contribution in [3.8, 4) is 11.4 Å². The maximum atomic E-state index is 11.0. The Kier molecular flexibility index (Phi) is 5.17. The van der Waals surface area contributed by atoms with Crippen molar-refractivity contribution in [1.82, 2.24) is 15.1 Å². The first kappa shape index (κ1) is 16.9. The molecule has 0 unspecified atom stereocenters. The molecule has 0 spiro atoms. The third-order valence-corrected chi connectivity index (χ3v) is 5.60. The number of rotatable bonds is 6. The molecule has 9 heteroatoms. The Balaban J connectivity index is 1.66. The molecule has 3 aromatic rings. The number of carbonyl (C=O) groups excluding carboxylic acids is 1. The molecular formula is C15H13ClN4O2S2. The Morgan fingerprint density at radius 2 is 2.25 bits per heavy atom.